The zero-order chi connectivity index (χ0) is 24.1. The molecule has 2 aliphatic rings. The Morgan fingerprint density at radius 1 is 0.857 bits per heavy atom. The number of anilines is 2. The molecule has 2 aliphatic heterocycles. The first-order chi connectivity index (χ1) is 17.1. The maximum absolute atomic E-state index is 13.9. The molecule has 7 heteroatoms. The molecule has 174 valence electrons. The average Bonchev–Trinajstić information content (AvgIpc) is 3.40. The normalized spacial score (nSPS) is 21.6. The van der Waals surface area contributed by atoms with Gasteiger partial charge in [0.05, 0.1) is 24.5 Å². The van der Waals surface area contributed by atoms with Gasteiger partial charge in [0, 0.05) is 5.39 Å². The van der Waals surface area contributed by atoms with Crippen LogP contribution in [-0.2, 0) is 14.4 Å². The number of benzene rings is 4. The quantitative estimate of drug-likeness (QED) is 0.443. The molecule has 2 saturated heterocycles. The number of phenols is 1. The van der Waals surface area contributed by atoms with E-state index in [0.29, 0.717) is 11.3 Å². The lowest BCUT2D eigenvalue weighted by Gasteiger charge is -2.29. The number of aromatic hydroxyl groups is 1. The van der Waals surface area contributed by atoms with Gasteiger partial charge in [-0.3, -0.25) is 14.4 Å². The van der Waals surface area contributed by atoms with Gasteiger partial charge in [0.15, 0.2) is 17.6 Å². The number of amides is 2. The minimum Gasteiger partial charge on any atom is -0.504 e. The van der Waals surface area contributed by atoms with Gasteiger partial charge in [0.1, 0.15) is 5.92 Å². The Hall–Kier alpha value is -4.36. The molecular weight excluding hydrogens is 444 g/mol. The largest absolute Gasteiger partial charge is 0.504 e. The number of rotatable bonds is 4. The van der Waals surface area contributed by atoms with Crippen LogP contribution in [0.1, 0.15) is 11.6 Å². The molecule has 0 aliphatic carbocycles. The summed E-state index contributed by atoms with van der Waals surface area (Å²) in [5, 5.41) is 13.5. The first-order valence-electron chi connectivity index (χ1n) is 11.3. The minimum atomic E-state index is -0.980. The molecule has 4 aromatic rings. The number of para-hydroxylation sites is 1. The second-order valence-electron chi connectivity index (χ2n) is 8.60. The molecule has 2 heterocycles. The number of phenolic OH excluding ortho intramolecular Hbond substituents is 1. The van der Waals surface area contributed by atoms with Crippen molar-refractivity contribution in [3.8, 4) is 11.5 Å². The number of ether oxygens (including phenoxy) is 1. The second kappa shape index (κ2) is 8.14. The summed E-state index contributed by atoms with van der Waals surface area (Å²) in [6.45, 7) is 0. The van der Waals surface area contributed by atoms with Crippen LogP contribution in [-0.4, -0.2) is 30.1 Å². The Bertz CT molecular complexity index is 1450. The number of carbonyl (C=O) groups excluding carboxylic acids is 2. The van der Waals surface area contributed by atoms with E-state index in [4.69, 9.17) is 9.57 Å². The van der Waals surface area contributed by atoms with E-state index in [1.54, 1.807) is 23.3 Å². The van der Waals surface area contributed by atoms with E-state index in [1.165, 1.54) is 18.1 Å². The summed E-state index contributed by atoms with van der Waals surface area (Å²) in [6.07, 6.45) is -0.980. The minimum absolute atomic E-state index is 0.0100. The maximum Gasteiger partial charge on any atom is 0.266 e. The average molecular weight is 466 g/mol. The fourth-order valence-electron chi connectivity index (χ4n) is 5.07. The molecule has 3 atom stereocenters. The third kappa shape index (κ3) is 3.24. The van der Waals surface area contributed by atoms with Gasteiger partial charge in [-0.2, -0.15) is 0 Å². The lowest BCUT2D eigenvalue weighted by Crippen LogP contribution is -2.37. The molecule has 0 spiro atoms. The van der Waals surface area contributed by atoms with Crippen molar-refractivity contribution in [1.82, 2.24) is 0 Å². The van der Waals surface area contributed by atoms with Gasteiger partial charge >= 0.3 is 0 Å². The molecule has 0 saturated carbocycles. The van der Waals surface area contributed by atoms with Crippen LogP contribution in [0.25, 0.3) is 10.8 Å². The summed E-state index contributed by atoms with van der Waals surface area (Å²) in [7, 11) is 1.47. The third-order valence-electron chi connectivity index (χ3n) is 6.68. The van der Waals surface area contributed by atoms with E-state index in [-0.39, 0.29) is 17.4 Å². The molecule has 35 heavy (non-hydrogen) atoms. The monoisotopic (exact) mass is 466 g/mol. The van der Waals surface area contributed by atoms with E-state index in [9.17, 15) is 14.7 Å². The Kier molecular flexibility index (Phi) is 4.93. The maximum atomic E-state index is 13.9. The molecule has 1 N–H and O–H groups in total. The summed E-state index contributed by atoms with van der Waals surface area (Å²) in [4.78, 5) is 35.1. The van der Waals surface area contributed by atoms with Crippen LogP contribution in [0.15, 0.2) is 91.0 Å². The molecule has 0 bridgehead atoms. The van der Waals surface area contributed by atoms with Crippen molar-refractivity contribution in [3.63, 3.8) is 0 Å². The van der Waals surface area contributed by atoms with Crippen molar-refractivity contribution in [2.45, 2.75) is 12.1 Å². The number of hydrogen-bond donors (Lipinski definition) is 1. The molecule has 2 amide bonds. The number of hydroxylamine groups is 1. The summed E-state index contributed by atoms with van der Waals surface area (Å²) in [6, 6.07) is 26.9. The van der Waals surface area contributed by atoms with Gasteiger partial charge in [0.2, 0.25) is 5.91 Å². The summed E-state index contributed by atoms with van der Waals surface area (Å²) in [5.41, 5.74) is 1.96. The van der Waals surface area contributed by atoms with Crippen LogP contribution >= 0.6 is 0 Å². The van der Waals surface area contributed by atoms with Crippen LogP contribution in [0.2, 0.25) is 0 Å². The lowest BCUT2D eigenvalue weighted by atomic mass is 9.90. The SMILES string of the molecule is COc1cc([C@H]2[C@H]3C(=O)N(c4cccc5ccccc45)C(=O)[C@H]3ON2c2ccccc2)ccc1O. The van der Waals surface area contributed by atoms with Crippen molar-refractivity contribution >= 4 is 34.0 Å². The Morgan fingerprint density at radius 2 is 1.60 bits per heavy atom. The van der Waals surface area contributed by atoms with Crippen molar-refractivity contribution < 1.29 is 24.3 Å². The standard InChI is InChI=1S/C28H22N2O5/c1-34-23-16-18(14-15-22(23)31)25-24-26(35-30(25)19-10-3-2-4-11-19)28(33)29(27(24)32)21-13-7-9-17-8-5-6-12-20(17)21/h2-16,24-26,31H,1H3/t24-,25+,26+/m1/s1. The molecule has 0 unspecified atom stereocenters. The van der Waals surface area contributed by atoms with E-state index in [1.807, 2.05) is 66.7 Å². The van der Waals surface area contributed by atoms with Crippen LogP contribution in [0.3, 0.4) is 0 Å². The zero-order valence-electron chi connectivity index (χ0n) is 18.9. The number of carbonyl (C=O) groups is 2. The predicted molar refractivity (Wildman–Crippen MR) is 131 cm³/mol. The molecule has 6 rings (SSSR count). The van der Waals surface area contributed by atoms with Gasteiger partial charge in [-0.05, 0) is 41.3 Å². The number of hydrogen-bond acceptors (Lipinski definition) is 6. The van der Waals surface area contributed by atoms with Crippen LogP contribution in [0.5, 0.6) is 11.5 Å². The molecule has 7 nitrogen and oxygen atoms in total. The molecular formula is C28H22N2O5. The summed E-state index contributed by atoms with van der Waals surface area (Å²) in [5.74, 6) is -1.24. The molecule has 0 radical (unpaired) electrons. The highest BCUT2D eigenvalue weighted by atomic mass is 16.7. The van der Waals surface area contributed by atoms with E-state index in [0.717, 1.165) is 16.5 Å². The first kappa shape index (κ1) is 21.2. The van der Waals surface area contributed by atoms with Crippen LogP contribution < -0.4 is 14.7 Å². The van der Waals surface area contributed by atoms with Gasteiger partial charge in [0.25, 0.3) is 5.91 Å². The van der Waals surface area contributed by atoms with Crippen LogP contribution in [0, 0.1) is 5.92 Å². The van der Waals surface area contributed by atoms with Crippen molar-refractivity contribution in [2.24, 2.45) is 5.92 Å². The first-order valence-corrected chi connectivity index (χ1v) is 11.3. The topological polar surface area (TPSA) is 79.3 Å². The van der Waals surface area contributed by atoms with Crippen molar-refractivity contribution in [3.05, 3.63) is 96.6 Å². The molecule has 0 aromatic heterocycles. The molecule has 2 fully saturated rings. The van der Waals surface area contributed by atoms with Gasteiger partial charge in [-0.15, -0.1) is 0 Å². The summed E-state index contributed by atoms with van der Waals surface area (Å²) < 4.78 is 5.31. The fourth-order valence-corrected chi connectivity index (χ4v) is 5.07. The highest BCUT2D eigenvalue weighted by Crippen LogP contribution is 2.49. The summed E-state index contributed by atoms with van der Waals surface area (Å²) >= 11 is 0. The van der Waals surface area contributed by atoms with E-state index >= 15 is 0 Å². The number of methoxy groups -OCH3 is 1. The molecule has 4 aromatic carbocycles. The highest BCUT2D eigenvalue weighted by molar-refractivity contribution is 6.26. The van der Waals surface area contributed by atoms with Gasteiger partial charge < -0.3 is 9.84 Å². The smallest absolute Gasteiger partial charge is 0.266 e. The van der Waals surface area contributed by atoms with Gasteiger partial charge in [-0.25, -0.2) is 9.96 Å². The fraction of sp³-hybridized carbons (Fsp3) is 0.143. The van der Waals surface area contributed by atoms with Crippen LogP contribution in [0.4, 0.5) is 11.4 Å². The Morgan fingerprint density at radius 3 is 2.40 bits per heavy atom. The number of fused-ring (bicyclic) bond motifs is 2. The Labute approximate surface area is 201 Å². The zero-order valence-corrected chi connectivity index (χ0v) is 18.9. The second-order valence-corrected chi connectivity index (χ2v) is 8.60. The van der Waals surface area contributed by atoms with Crippen molar-refractivity contribution in [2.75, 3.05) is 17.1 Å². The highest BCUT2D eigenvalue weighted by Gasteiger charge is 2.60. The van der Waals surface area contributed by atoms with Gasteiger partial charge in [-0.1, -0.05) is 60.7 Å². The van der Waals surface area contributed by atoms with Crippen molar-refractivity contribution in [1.29, 1.82) is 0 Å². The number of imide groups is 1. The lowest BCUT2D eigenvalue weighted by molar-refractivity contribution is -0.126. The number of nitrogens with zero attached hydrogens (tertiary/aromatic N) is 2. The van der Waals surface area contributed by atoms with E-state index < -0.39 is 24.0 Å². The predicted octanol–water partition coefficient (Wildman–Crippen LogP) is 4.61. The third-order valence-corrected chi connectivity index (χ3v) is 6.68. The Balaban J connectivity index is 1.48. The van der Waals surface area contributed by atoms with E-state index in [2.05, 4.69) is 0 Å².